The highest BCUT2D eigenvalue weighted by molar-refractivity contribution is 7.92. The minimum absolute atomic E-state index is 0.324. The zero-order valence-electron chi connectivity index (χ0n) is 17.3. The zero-order chi connectivity index (χ0) is 21.3. The number of anilines is 1. The maximum absolute atomic E-state index is 12.6. The first kappa shape index (κ1) is 22.7. The minimum atomic E-state index is -3.59. The van der Waals surface area contributed by atoms with E-state index in [0.29, 0.717) is 18.8 Å². The average Bonchev–Trinajstić information content (AvgIpc) is 2.70. The molecule has 2 aromatic carbocycles. The van der Waals surface area contributed by atoms with Crippen LogP contribution in [-0.2, 0) is 21.2 Å². The van der Waals surface area contributed by atoms with Gasteiger partial charge in [0.2, 0.25) is 15.9 Å². The molecule has 0 saturated heterocycles. The maximum Gasteiger partial charge on any atom is 0.243 e. The summed E-state index contributed by atoms with van der Waals surface area (Å²) >= 11 is 0. The number of hydrogen-bond acceptors (Lipinski definition) is 4. The molecular weight excluding hydrogens is 388 g/mol. The van der Waals surface area contributed by atoms with E-state index in [9.17, 15) is 13.2 Å². The number of sulfonamides is 1. The number of para-hydroxylation sites is 2. The number of carbonyl (C=O) groups excluding carboxylic acids is 1. The molecule has 7 heteroatoms. The van der Waals surface area contributed by atoms with Crippen LogP contribution in [0, 0.1) is 0 Å². The number of hydrogen-bond donors (Lipinski definition) is 1. The standard InChI is InChI=1S/C22H30N2O4S/c1-4-17-28-21-15-9-8-11-19(21)12-10-16-23-22(25)18(2)24(29(3,26)27)20-13-6-5-7-14-20/h5-9,11,13-15,18H,4,10,12,16-17H2,1-3H3,(H,23,25). The van der Waals surface area contributed by atoms with E-state index in [4.69, 9.17) is 4.74 Å². The molecule has 29 heavy (non-hydrogen) atoms. The second-order valence-corrected chi connectivity index (χ2v) is 8.78. The molecule has 2 rings (SSSR count). The first-order chi connectivity index (χ1) is 13.8. The van der Waals surface area contributed by atoms with Gasteiger partial charge in [0, 0.05) is 6.54 Å². The number of ether oxygens (including phenoxy) is 1. The first-order valence-electron chi connectivity index (χ1n) is 9.87. The van der Waals surface area contributed by atoms with Crippen molar-refractivity contribution in [3.05, 3.63) is 60.2 Å². The maximum atomic E-state index is 12.6. The molecule has 0 aliphatic carbocycles. The number of carbonyl (C=O) groups is 1. The van der Waals surface area contributed by atoms with Crippen molar-refractivity contribution in [3.63, 3.8) is 0 Å². The molecule has 2 aromatic rings. The van der Waals surface area contributed by atoms with Crippen LogP contribution in [0.25, 0.3) is 0 Å². The summed E-state index contributed by atoms with van der Waals surface area (Å²) in [5.41, 5.74) is 1.57. The molecule has 1 atom stereocenters. The van der Waals surface area contributed by atoms with E-state index >= 15 is 0 Å². The van der Waals surface area contributed by atoms with Gasteiger partial charge in [0.25, 0.3) is 0 Å². The molecule has 158 valence electrons. The molecule has 0 aromatic heterocycles. The van der Waals surface area contributed by atoms with Crippen molar-refractivity contribution in [1.29, 1.82) is 0 Å². The van der Waals surface area contributed by atoms with E-state index in [0.717, 1.165) is 41.1 Å². The molecule has 0 radical (unpaired) electrons. The summed E-state index contributed by atoms with van der Waals surface area (Å²) in [6.07, 6.45) is 3.55. The van der Waals surface area contributed by atoms with Crippen molar-refractivity contribution in [2.24, 2.45) is 0 Å². The van der Waals surface area contributed by atoms with Crippen molar-refractivity contribution in [2.75, 3.05) is 23.7 Å². The molecule has 0 bridgehead atoms. The number of nitrogens with zero attached hydrogens (tertiary/aromatic N) is 1. The van der Waals surface area contributed by atoms with Crippen LogP contribution in [0.4, 0.5) is 5.69 Å². The highest BCUT2D eigenvalue weighted by Crippen LogP contribution is 2.21. The van der Waals surface area contributed by atoms with Crippen LogP contribution in [0.2, 0.25) is 0 Å². The normalized spacial score (nSPS) is 12.2. The van der Waals surface area contributed by atoms with Crippen molar-refractivity contribution >= 4 is 21.6 Å². The Labute approximate surface area is 173 Å². The van der Waals surface area contributed by atoms with Gasteiger partial charge in [-0.05, 0) is 49.9 Å². The Kier molecular flexibility index (Phi) is 8.51. The van der Waals surface area contributed by atoms with Gasteiger partial charge in [-0.3, -0.25) is 9.10 Å². The second-order valence-electron chi connectivity index (χ2n) is 6.92. The molecule has 0 saturated carbocycles. The molecule has 1 N–H and O–H groups in total. The molecular formula is C22H30N2O4S. The summed E-state index contributed by atoms with van der Waals surface area (Å²) in [5, 5.41) is 2.85. The topological polar surface area (TPSA) is 75.7 Å². The summed E-state index contributed by atoms with van der Waals surface area (Å²) < 4.78 is 31.4. The fraction of sp³-hybridized carbons (Fsp3) is 0.409. The Balaban J connectivity index is 1.93. The largest absolute Gasteiger partial charge is 0.493 e. The van der Waals surface area contributed by atoms with Crippen molar-refractivity contribution < 1.29 is 17.9 Å². The third-order valence-electron chi connectivity index (χ3n) is 4.46. The van der Waals surface area contributed by atoms with Gasteiger partial charge in [-0.15, -0.1) is 0 Å². The fourth-order valence-electron chi connectivity index (χ4n) is 3.09. The molecule has 0 heterocycles. The van der Waals surface area contributed by atoms with Crippen LogP contribution >= 0.6 is 0 Å². The van der Waals surface area contributed by atoms with Crippen LogP contribution in [0.3, 0.4) is 0 Å². The lowest BCUT2D eigenvalue weighted by atomic mass is 10.1. The van der Waals surface area contributed by atoms with Gasteiger partial charge in [0.1, 0.15) is 11.8 Å². The quantitative estimate of drug-likeness (QED) is 0.568. The highest BCUT2D eigenvalue weighted by Gasteiger charge is 2.28. The minimum Gasteiger partial charge on any atom is -0.493 e. The summed E-state index contributed by atoms with van der Waals surface area (Å²) in [6, 6.07) is 15.7. The molecule has 0 aliphatic heterocycles. The second kappa shape index (κ2) is 10.9. The Morgan fingerprint density at radius 2 is 1.76 bits per heavy atom. The summed E-state index contributed by atoms with van der Waals surface area (Å²) in [6.45, 7) is 4.79. The van der Waals surface area contributed by atoms with E-state index < -0.39 is 16.1 Å². The highest BCUT2D eigenvalue weighted by atomic mass is 32.2. The summed E-state index contributed by atoms with van der Waals surface area (Å²) in [7, 11) is -3.59. The molecule has 1 unspecified atom stereocenters. The van der Waals surface area contributed by atoms with E-state index in [1.165, 1.54) is 0 Å². The lowest BCUT2D eigenvalue weighted by molar-refractivity contribution is -0.121. The van der Waals surface area contributed by atoms with E-state index in [1.54, 1.807) is 37.3 Å². The third-order valence-corrected chi connectivity index (χ3v) is 5.70. The van der Waals surface area contributed by atoms with Crippen molar-refractivity contribution in [3.8, 4) is 5.75 Å². The monoisotopic (exact) mass is 418 g/mol. The number of rotatable bonds is 11. The Morgan fingerprint density at radius 3 is 2.41 bits per heavy atom. The number of aryl methyl sites for hydroxylation is 1. The van der Waals surface area contributed by atoms with Crippen LogP contribution in [0.1, 0.15) is 32.3 Å². The lowest BCUT2D eigenvalue weighted by Crippen LogP contribution is -2.48. The van der Waals surface area contributed by atoms with Gasteiger partial charge in [-0.1, -0.05) is 43.3 Å². The average molecular weight is 419 g/mol. The lowest BCUT2D eigenvalue weighted by Gasteiger charge is -2.28. The number of amides is 1. The predicted molar refractivity (Wildman–Crippen MR) is 117 cm³/mol. The van der Waals surface area contributed by atoms with Crippen molar-refractivity contribution in [2.45, 2.75) is 39.2 Å². The smallest absolute Gasteiger partial charge is 0.243 e. The predicted octanol–water partition coefficient (Wildman–Crippen LogP) is 3.38. The Bertz CT molecular complexity index is 885. The van der Waals surface area contributed by atoms with Crippen LogP contribution in [0.15, 0.2) is 54.6 Å². The number of nitrogens with one attached hydrogen (secondary N) is 1. The van der Waals surface area contributed by atoms with Gasteiger partial charge in [0.15, 0.2) is 0 Å². The first-order valence-corrected chi connectivity index (χ1v) is 11.7. The summed E-state index contributed by atoms with van der Waals surface area (Å²) in [4.78, 5) is 12.6. The fourth-order valence-corrected chi connectivity index (χ4v) is 4.26. The van der Waals surface area contributed by atoms with E-state index in [1.807, 2.05) is 24.3 Å². The molecule has 1 amide bonds. The Morgan fingerprint density at radius 1 is 1.10 bits per heavy atom. The van der Waals surface area contributed by atoms with Gasteiger partial charge in [-0.2, -0.15) is 0 Å². The van der Waals surface area contributed by atoms with Gasteiger partial charge in [0.05, 0.1) is 18.6 Å². The molecule has 0 fully saturated rings. The molecule has 0 spiro atoms. The van der Waals surface area contributed by atoms with Crippen LogP contribution < -0.4 is 14.4 Å². The van der Waals surface area contributed by atoms with Crippen LogP contribution in [-0.4, -0.2) is 39.8 Å². The number of benzene rings is 2. The van der Waals surface area contributed by atoms with Gasteiger partial charge in [-0.25, -0.2) is 8.42 Å². The van der Waals surface area contributed by atoms with E-state index in [2.05, 4.69) is 12.2 Å². The summed E-state index contributed by atoms with van der Waals surface area (Å²) in [5.74, 6) is 0.552. The van der Waals surface area contributed by atoms with Crippen molar-refractivity contribution in [1.82, 2.24) is 5.32 Å². The van der Waals surface area contributed by atoms with Gasteiger partial charge < -0.3 is 10.1 Å². The Hall–Kier alpha value is -2.54. The zero-order valence-corrected chi connectivity index (χ0v) is 18.1. The molecule has 0 aliphatic rings. The SMILES string of the molecule is CCCOc1ccccc1CCCNC(=O)C(C)N(c1ccccc1)S(C)(=O)=O. The van der Waals surface area contributed by atoms with Gasteiger partial charge >= 0.3 is 0 Å². The molecule has 6 nitrogen and oxygen atoms in total. The van der Waals surface area contributed by atoms with E-state index in [-0.39, 0.29) is 5.91 Å². The third kappa shape index (κ3) is 6.78. The van der Waals surface area contributed by atoms with Crippen LogP contribution in [0.5, 0.6) is 5.75 Å².